The molecule has 1 aromatic heterocycles. The van der Waals surface area contributed by atoms with Crippen molar-refractivity contribution in [3.8, 4) is 0 Å². The zero-order chi connectivity index (χ0) is 11.5. The van der Waals surface area contributed by atoms with Crippen LogP contribution in [0.25, 0.3) is 0 Å². The van der Waals surface area contributed by atoms with Crippen LogP contribution in [0.4, 0.5) is 5.82 Å². The molecule has 0 aliphatic carbocycles. The van der Waals surface area contributed by atoms with Crippen molar-refractivity contribution in [2.45, 2.75) is 25.1 Å². The van der Waals surface area contributed by atoms with E-state index >= 15 is 0 Å². The van der Waals surface area contributed by atoms with Crippen LogP contribution in [0, 0.1) is 0 Å². The number of pyridine rings is 1. The maximum atomic E-state index is 10.7. The summed E-state index contributed by atoms with van der Waals surface area (Å²) >= 11 is 1.86. The average molecular weight is 238 g/mol. The van der Waals surface area contributed by atoms with Crippen molar-refractivity contribution in [1.29, 1.82) is 0 Å². The number of aryl methyl sites for hydroxylation is 1. The van der Waals surface area contributed by atoms with Crippen LogP contribution < -0.4 is 5.32 Å². The fraction of sp³-hybridized carbons (Fsp3) is 0.455. The number of fused-ring (bicyclic) bond motifs is 1. The molecule has 0 bridgehead atoms. The van der Waals surface area contributed by atoms with Crippen LogP contribution in [-0.4, -0.2) is 27.9 Å². The van der Waals surface area contributed by atoms with E-state index in [2.05, 4.69) is 10.3 Å². The molecular weight excluding hydrogens is 224 g/mol. The number of thioether (sulfide) groups is 1. The lowest BCUT2D eigenvalue weighted by Crippen LogP contribution is -2.26. The van der Waals surface area contributed by atoms with Crippen LogP contribution in [0.3, 0.4) is 0 Å². The third-order valence-electron chi connectivity index (χ3n) is 2.56. The topological polar surface area (TPSA) is 62.2 Å². The van der Waals surface area contributed by atoms with E-state index in [4.69, 9.17) is 5.11 Å². The summed E-state index contributed by atoms with van der Waals surface area (Å²) in [4.78, 5) is 15.1. The second kappa shape index (κ2) is 4.74. The fourth-order valence-corrected chi connectivity index (χ4v) is 2.55. The number of hydrogen-bond donors (Lipinski definition) is 2. The first-order valence-corrected chi connectivity index (χ1v) is 6.38. The Hall–Kier alpha value is -1.23. The van der Waals surface area contributed by atoms with E-state index in [1.807, 2.05) is 23.9 Å². The van der Waals surface area contributed by atoms with Gasteiger partial charge in [0, 0.05) is 5.75 Å². The van der Waals surface area contributed by atoms with E-state index in [0.29, 0.717) is 5.82 Å². The minimum absolute atomic E-state index is 0.609. The molecule has 0 amide bonds. The molecule has 2 rings (SSSR count). The van der Waals surface area contributed by atoms with Crippen molar-refractivity contribution in [3.63, 3.8) is 0 Å². The maximum Gasteiger partial charge on any atom is 0.325 e. The predicted molar refractivity (Wildman–Crippen MR) is 64.8 cm³/mol. The molecule has 2 heterocycles. The van der Waals surface area contributed by atoms with Gasteiger partial charge in [-0.3, -0.25) is 4.79 Å². The smallest absolute Gasteiger partial charge is 0.325 e. The quantitative estimate of drug-likeness (QED) is 0.840. The van der Waals surface area contributed by atoms with Gasteiger partial charge >= 0.3 is 5.97 Å². The molecule has 2 N–H and O–H groups in total. The molecule has 0 fully saturated rings. The van der Waals surface area contributed by atoms with E-state index in [0.717, 1.165) is 23.6 Å². The monoisotopic (exact) mass is 238 g/mol. The molecule has 5 heteroatoms. The van der Waals surface area contributed by atoms with Crippen LogP contribution in [0.2, 0.25) is 0 Å². The molecule has 0 aromatic carbocycles. The van der Waals surface area contributed by atoms with Gasteiger partial charge in [0.05, 0.1) is 5.69 Å². The zero-order valence-corrected chi connectivity index (χ0v) is 9.88. The number of aliphatic carboxylic acids is 1. The lowest BCUT2D eigenvalue weighted by molar-refractivity contribution is -0.137. The van der Waals surface area contributed by atoms with Crippen LogP contribution in [0.15, 0.2) is 12.1 Å². The van der Waals surface area contributed by atoms with Crippen molar-refractivity contribution in [2.24, 2.45) is 0 Å². The summed E-state index contributed by atoms with van der Waals surface area (Å²) in [5.74, 6) is 1.85. The van der Waals surface area contributed by atoms with E-state index in [-0.39, 0.29) is 0 Å². The molecule has 16 heavy (non-hydrogen) atoms. The minimum Gasteiger partial charge on any atom is -0.480 e. The van der Waals surface area contributed by atoms with E-state index in [1.54, 1.807) is 6.92 Å². The van der Waals surface area contributed by atoms with Gasteiger partial charge in [-0.05, 0) is 30.7 Å². The molecule has 86 valence electrons. The first-order valence-electron chi connectivity index (χ1n) is 5.22. The third-order valence-corrected chi connectivity index (χ3v) is 3.53. The summed E-state index contributed by atoms with van der Waals surface area (Å²) in [5, 5.41) is 11.7. The molecule has 1 aliphatic heterocycles. The normalized spacial score (nSPS) is 16.3. The van der Waals surface area contributed by atoms with Gasteiger partial charge in [0.2, 0.25) is 0 Å². The molecule has 1 aliphatic rings. The largest absolute Gasteiger partial charge is 0.480 e. The highest BCUT2D eigenvalue weighted by Crippen LogP contribution is 2.24. The number of carboxylic acids is 1. The molecule has 1 aromatic rings. The lowest BCUT2D eigenvalue weighted by Gasteiger charge is -2.16. The molecule has 1 atom stereocenters. The highest BCUT2D eigenvalue weighted by molar-refractivity contribution is 7.98. The lowest BCUT2D eigenvalue weighted by atomic mass is 10.1. The van der Waals surface area contributed by atoms with Gasteiger partial charge in [0.25, 0.3) is 0 Å². The van der Waals surface area contributed by atoms with Gasteiger partial charge in [0.1, 0.15) is 11.9 Å². The molecule has 0 saturated carbocycles. The number of nitrogens with zero attached hydrogens (tertiary/aromatic N) is 1. The van der Waals surface area contributed by atoms with Crippen molar-refractivity contribution >= 4 is 23.5 Å². The molecule has 0 saturated heterocycles. The number of rotatable bonds is 3. The number of hydrogen-bond acceptors (Lipinski definition) is 4. The maximum absolute atomic E-state index is 10.7. The summed E-state index contributed by atoms with van der Waals surface area (Å²) in [6, 6.07) is 3.29. The third kappa shape index (κ3) is 2.47. The summed E-state index contributed by atoms with van der Waals surface area (Å²) in [6.45, 7) is 1.61. The van der Waals surface area contributed by atoms with E-state index < -0.39 is 12.0 Å². The molecule has 0 radical (unpaired) electrons. The number of aromatic nitrogens is 1. The van der Waals surface area contributed by atoms with Gasteiger partial charge in [-0.25, -0.2) is 4.98 Å². The van der Waals surface area contributed by atoms with E-state index in [9.17, 15) is 4.79 Å². The zero-order valence-electron chi connectivity index (χ0n) is 9.06. The van der Waals surface area contributed by atoms with Crippen molar-refractivity contribution in [2.75, 3.05) is 11.1 Å². The van der Waals surface area contributed by atoms with Crippen molar-refractivity contribution < 1.29 is 9.90 Å². The van der Waals surface area contributed by atoms with Gasteiger partial charge < -0.3 is 10.4 Å². The Morgan fingerprint density at radius 2 is 2.44 bits per heavy atom. The number of nitrogens with one attached hydrogen (secondary N) is 1. The molecular formula is C11H14N2O2S. The van der Waals surface area contributed by atoms with Gasteiger partial charge in [-0.2, -0.15) is 11.8 Å². The van der Waals surface area contributed by atoms with Crippen LogP contribution in [0.1, 0.15) is 18.2 Å². The van der Waals surface area contributed by atoms with Crippen LogP contribution in [-0.2, 0) is 17.0 Å². The van der Waals surface area contributed by atoms with Gasteiger partial charge in [0.15, 0.2) is 0 Å². The Morgan fingerprint density at radius 1 is 1.62 bits per heavy atom. The number of carboxylic acid groups (broad SMARTS) is 1. The SMILES string of the molecule is CC(Nc1ccc2c(n1)CSCC2)C(=O)O. The standard InChI is InChI=1S/C11H14N2O2S/c1-7(11(14)15)12-10-3-2-8-4-5-16-6-9(8)13-10/h2-3,7H,4-6H2,1H3,(H,12,13)(H,14,15). The average Bonchev–Trinajstić information content (AvgIpc) is 2.28. The first-order chi connectivity index (χ1) is 7.66. The summed E-state index contributed by atoms with van der Waals surface area (Å²) in [7, 11) is 0. The molecule has 4 nitrogen and oxygen atoms in total. The second-order valence-electron chi connectivity index (χ2n) is 3.81. The minimum atomic E-state index is -0.867. The Bertz CT molecular complexity index is 409. The fourth-order valence-electron chi connectivity index (χ4n) is 1.60. The Labute approximate surface area is 98.5 Å². The highest BCUT2D eigenvalue weighted by Gasteiger charge is 2.14. The summed E-state index contributed by atoms with van der Waals surface area (Å²) < 4.78 is 0. The predicted octanol–water partition coefficient (Wildman–Crippen LogP) is 1.76. The highest BCUT2D eigenvalue weighted by atomic mass is 32.2. The Morgan fingerprint density at radius 3 is 3.19 bits per heavy atom. The van der Waals surface area contributed by atoms with Crippen molar-refractivity contribution in [3.05, 3.63) is 23.4 Å². The van der Waals surface area contributed by atoms with Crippen molar-refractivity contribution in [1.82, 2.24) is 4.98 Å². The van der Waals surface area contributed by atoms with Gasteiger partial charge in [-0.1, -0.05) is 6.07 Å². The molecule has 0 spiro atoms. The van der Waals surface area contributed by atoms with E-state index in [1.165, 1.54) is 5.56 Å². The first kappa shape index (κ1) is 11.3. The number of carbonyl (C=O) groups is 1. The number of anilines is 1. The molecule has 1 unspecified atom stereocenters. The van der Waals surface area contributed by atoms with Crippen LogP contribution >= 0.6 is 11.8 Å². The summed E-state index contributed by atoms with van der Waals surface area (Å²) in [6.07, 6.45) is 1.06. The van der Waals surface area contributed by atoms with Gasteiger partial charge in [-0.15, -0.1) is 0 Å². The Kier molecular flexibility index (Phi) is 3.33. The second-order valence-corrected chi connectivity index (χ2v) is 4.91. The Balaban J connectivity index is 2.14. The van der Waals surface area contributed by atoms with Crippen LogP contribution in [0.5, 0.6) is 0 Å². The summed E-state index contributed by atoms with van der Waals surface area (Å²) in [5.41, 5.74) is 2.37.